The molecule has 0 bridgehead atoms. The van der Waals surface area contributed by atoms with Crippen LogP contribution in [0.4, 0.5) is 16.0 Å². The molecule has 2 aromatic carbocycles. The lowest BCUT2D eigenvalue weighted by atomic mass is 10.1. The Labute approximate surface area is 174 Å². The average Bonchev–Trinajstić information content (AvgIpc) is 2.76. The van der Waals surface area contributed by atoms with Crippen LogP contribution in [0.25, 0.3) is 10.9 Å². The van der Waals surface area contributed by atoms with Crippen molar-refractivity contribution in [3.63, 3.8) is 0 Å². The molecule has 1 N–H and O–H groups in total. The molecule has 1 saturated heterocycles. The van der Waals surface area contributed by atoms with Crippen molar-refractivity contribution in [1.82, 2.24) is 9.55 Å². The summed E-state index contributed by atoms with van der Waals surface area (Å²) in [6, 6.07) is 11.9. The van der Waals surface area contributed by atoms with Gasteiger partial charge >= 0.3 is 0 Å². The number of amides is 1. The maximum Gasteiger partial charge on any atom is 0.262 e. The Bertz CT molecular complexity index is 1140. The maximum absolute atomic E-state index is 13.7. The van der Waals surface area contributed by atoms with E-state index in [-0.39, 0.29) is 30.2 Å². The van der Waals surface area contributed by atoms with Crippen molar-refractivity contribution in [3.05, 3.63) is 64.2 Å². The van der Waals surface area contributed by atoms with Crippen LogP contribution in [0.5, 0.6) is 0 Å². The standard InChI is InChI=1S/C23H25FN4O2/c1-16-9-10-17(15-19(16)24)25-21(29)11-14-28-22(30)18-7-3-4-8-20(18)26-23(28)27-12-5-2-6-13-27/h3-4,7-10,15H,2,5-6,11-14H2,1H3,(H,25,29). The van der Waals surface area contributed by atoms with Crippen LogP contribution < -0.4 is 15.8 Å². The molecule has 7 heteroatoms. The number of rotatable bonds is 5. The Morgan fingerprint density at radius 1 is 1.13 bits per heavy atom. The number of fused-ring (bicyclic) bond motifs is 1. The van der Waals surface area contributed by atoms with E-state index in [2.05, 4.69) is 10.2 Å². The van der Waals surface area contributed by atoms with Crippen molar-refractivity contribution in [2.45, 2.75) is 39.2 Å². The Hall–Kier alpha value is -3.22. The minimum atomic E-state index is -0.366. The molecule has 1 aliphatic rings. The molecule has 30 heavy (non-hydrogen) atoms. The van der Waals surface area contributed by atoms with Crippen LogP contribution in [0.3, 0.4) is 0 Å². The first kappa shape index (κ1) is 20.1. The molecule has 1 fully saturated rings. The van der Waals surface area contributed by atoms with E-state index in [0.717, 1.165) is 25.9 Å². The molecular formula is C23H25FN4O2. The third kappa shape index (κ3) is 4.20. The van der Waals surface area contributed by atoms with Gasteiger partial charge in [-0.25, -0.2) is 9.37 Å². The summed E-state index contributed by atoms with van der Waals surface area (Å²) in [6.07, 6.45) is 3.38. The van der Waals surface area contributed by atoms with Crippen molar-refractivity contribution >= 4 is 28.4 Å². The van der Waals surface area contributed by atoms with Crippen LogP contribution in [0.15, 0.2) is 47.3 Å². The predicted molar refractivity (Wildman–Crippen MR) is 116 cm³/mol. The number of carbonyl (C=O) groups excluding carboxylic acids is 1. The summed E-state index contributed by atoms with van der Waals surface area (Å²) in [4.78, 5) is 32.5. The van der Waals surface area contributed by atoms with Crippen molar-refractivity contribution < 1.29 is 9.18 Å². The second-order valence-electron chi connectivity index (χ2n) is 7.70. The van der Waals surface area contributed by atoms with E-state index in [9.17, 15) is 14.0 Å². The van der Waals surface area contributed by atoms with E-state index < -0.39 is 0 Å². The van der Waals surface area contributed by atoms with Gasteiger partial charge in [0.25, 0.3) is 5.56 Å². The lowest BCUT2D eigenvalue weighted by Gasteiger charge is -2.29. The number of para-hydroxylation sites is 1. The summed E-state index contributed by atoms with van der Waals surface area (Å²) in [5, 5.41) is 3.25. The van der Waals surface area contributed by atoms with E-state index in [1.807, 2.05) is 18.2 Å². The first-order valence-corrected chi connectivity index (χ1v) is 10.3. The SMILES string of the molecule is Cc1ccc(NC(=O)CCn2c(N3CCCCC3)nc3ccccc3c2=O)cc1F. The Balaban J connectivity index is 1.58. The summed E-state index contributed by atoms with van der Waals surface area (Å²) in [7, 11) is 0. The van der Waals surface area contributed by atoms with Gasteiger partial charge < -0.3 is 10.2 Å². The van der Waals surface area contributed by atoms with Crippen LogP contribution in [0.1, 0.15) is 31.2 Å². The number of benzene rings is 2. The fourth-order valence-electron chi connectivity index (χ4n) is 3.80. The van der Waals surface area contributed by atoms with Crippen LogP contribution in [-0.4, -0.2) is 28.5 Å². The summed E-state index contributed by atoms with van der Waals surface area (Å²) >= 11 is 0. The third-order valence-electron chi connectivity index (χ3n) is 5.50. The molecule has 3 aromatic rings. The minimum Gasteiger partial charge on any atom is -0.342 e. The van der Waals surface area contributed by atoms with E-state index in [4.69, 9.17) is 4.98 Å². The number of hydrogen-bond donors (Lipinski definition) is 1. The van der Waals surface area contributed by atoms with Gasteiger partial charge in [0, 0.05) is 31.7 Å². The van der Waals surface area contributed by atoms with Gasteiger partial charge in [0.2, 0.25) is 11.9 Å². The zero-order valence-electron chi connectivity index (χ0n) is 17.0. The van der Waals surface area contributed by atoms with Crippen LogP contribution >= 0.6 is 0 Å². The molecule has 0 atom stereocenters. The number of nitrogens with zero attached hydrogens (tertiary/aromatic N) is 3. The van der Waals surface area contributed by atoms with Gasteiger partial charge in [0.05, 0.1) is 10.9 Å². The number of anilines is 2. The molecule has 1 aliphatic heterocycles. The smallest absolute Gasteiger partial charge is 0.262 e. The van der Waals surface area contributed by atoms with Crippen molar-refractivity contribution in [3.8, 4) is 0 Å². The molecule has 0 saturated carbocycles. The number of piperidine rings is 1. The molecule has 6 nitrogen and oxygen atoms in total. The van der Waals surface area contributed by atoms with Gasteiger partial charge in [-0.15, -0.1) is 0 Å². The predicted octanol–water partition coefficient (Wildman–Crippen LogP) is 3.86. The minimum absolute atomic E-state index is 0.0935. The van der Waals surface area contributed by atoms with E-state index in [1.165, 1.54) is 12.5 Å². The van der Waals surface area contributed by atoms with Gasteiger partial charge in [-0.05, 0) is 56.0 Å². The summed E-state index contributed by atoms with van der Waals surface area (Å²) in [5.41, 5.74) is 1.45. The van der Waals surface area contributed by atoms with E-state index >= 15 is 0 Å². The van der Waals surface area contributed by atoms with Crippen molar-refractivity contribution in [2.24, 2.45) is 0 Å². The normalized spacial score (nSPS) is 14.1. The van der Waals surface area contributed by atoms with Crippen LogP contribution in [-0.2, 0) is 11.3 Å². The zero-order chi connectivity index (χ0) is 21.1. The van der Waals surface area contributed by atoms with Gasteiger partial charge in [0.1, 0.15) is 5.82 Å². The number of halogens is 1. The Kier molecular flexibility index (Phi) is 5.79. The maximum atomic E-state index is 13.7. The van der Waals surface area contributed by atoms with Gasteiger partial charge in [-0.1, -0.05) is 18.2 Å². The highest BCUT2D eigenvalue weighted by molar-refractivity contribution is 5.90. The molecule has 0 aliphatic carbocycles. The van der Waals surface area contributed by atoms with E-state index in [0.29, 0.717) is 28.1 Å². The summed E-state index contributed by atoms with van der Waals surface area (Å²) in [6.45, 7) is 3.57. The number of aryl methyl sites for hydroxylation is 1. The quantitative estimate of drug-likeness (QED) is 0.696. The number of nitrogens with one attached hydrogen (secondary N) is 1. The molecule has 1 aromatic heterocycles. The van der Waals surface area contributed by atoms with Gasteiger partial charge in [-0.3, -0.25) is 14.2 Å². The molecular weight excluding hydrogens is 383 g/mol. The van der Waals surface area contributed by atoms with E-state index in [1.54, 1.807) is 29.7 Å². The highest BCUT2D eigenvalue weighted by atomic mass is 19.1. The number of hydrogen-bond acceptors (Lipinski definition) is 4. The monoisotopic (exact) mass is 408 g/mol. The molecule has 0 unspecified atom stereocenters. The second-order valence-corrected chi connectivity index (χ2v) is 7.70. The molecule has 156 valence electrons. The molecule has 0 radical (unpaired) electrons. The third-order valence-corrected chi connectivity index (χ3v) is 5.50. The van der Waals surface area contributed by atoms with Crippen molar-refractivity contribution in [2.75, 3.05) is 23.3 Å². The fourth-order valence-corrected chi connectivity index (χ4v) is 3.80. The van der Waals surface area contributed by atoms with Gasteiger partial charge in [-0.2, -0.15) is 0 Å². The Morgan fingerprint density at radius 3 is 2.67 bits per heavy atom. The first-order chi connectivity index (χ1) is 14.5. The highest BCUT2D eigenvalue weighted by Crippen LogP contribution is 2.20. The summed E-state index contributed by atoms with van der Waals surface area (Å²) < 4.78 is 15.3. The van der Waals surface area contributed by atoms with Crippen LogP contribution in [0, 0.1) is 12.7 Å². The molecule has 4 rings (SSSR count). The number of carbonyl (C=O) groups is 1. The first-order valence-electron chi connectivity index (χ1n) is 10.3. The largest absolute Gasteiger partial charge is 0.342 e. The van der Waals surface area contributed by atoms with Crippen LogP contribution in [0.2, 0.25) is 0 Å². The highest BCUT2D eigenvalue weighted by Gasteiger charge is 2.19. The lowest BCUT2D eigenvalue weighted by Crippen LogP contribution is -2.37. The summed E-state index contributed by atoms with van der Waals surface area (Å²) in [5.74, 6) is -0.0226. The molecule has 2 heterocycles. The van der Waals surface area contributed by atoms with Crippen molar-refractivity contribution in [1.29, 1.82) is 0 Å². The second kappa shape index (κ2) is 8.65. The van der Waals surface area contributed by atoms with Gasteiger partial charge in [0.15, 0.2) is 0 Å². The Morgan fingerprint density at radius 2 is 1.90 bits per heavy atom. The number of aromatic nitrogens is 2. The zero-order valence-corrected chi connectivity index (χ0v) is 17.0. The average molecular weight is 408 g/mol. The molecule has 0 spiro atoms. The molecule has 1 amide bonds. The topological polar surface area (TPSA) is 67.2 Å². The lowest BCUT2D eigenvalue weighted by molar-refractivity contribution is -0.116. The fraction of sp³-hybridized carbons (Fsp3) is 0.348.